The van der Waals surface area contributed by atoms with Crippen LogP contribution in [0.3, 0.4) is 0 Å². The van der Waals surface area contributed by atoms with Crippen LogP contribution in [0.4, 0.5) is 11.4 Å². The lowest BCUT2D eigenvalue weighted by Gasteiger charge is -2.24. The van der Waals surface area contributed by atoms with Gasteiger partial charge in [0.05, 0.1) is 0 Å². The molecule has 4 rings (SSSR count). The normalized spacial score (nSPS) is 14.8. The Morgan fingerprint density at radius 3 is 2.32 bits per heavy atom. The molecule has 0 amide bonds. The van der Waals surface area contributed by atoms with Crippen LogP contribution in [0.15, 0.2) is 85.0 Å². The van der Waals surface area contributed by atoms with Crippen LogP contribution < -0.4 is 5.32 Å². The van der Waals surface area contributed by atoms with Crippen LogP contribution >= 0.6 is 0 Å². The molecule has 0 fully saturated rings. The van der Waals surface area contributed by atoms with Crippen molar-refractivity contribution in [1.82, 2.24) is 0 Å². The third-order valence-corrected chi connectivity index (χ3v) is 5.74. The van der Waals surface area contributed by atoms with E-state index in [9.17, 15) is 0 Å². The van der Waals surface area contributed by atoms with Crippen LogP contribution in [0.5, 0.6) is 0 Å². The summed E-state index contributed by atoms with van der Waals surface area (Å²) in [5.41, 5.74) is 10.3. The number of hydrogen-bond acceptors (Lipinski definition) is 1. The molecule has 3 aromatic carbocycles. The Kier molecular flexibility index (Phi) is 4.68. The van der Waals surface area contributed by atoms with Crippen LogP contribution in [0.25, 0.3) is 16.7 Å². The molecular formula is C27H27N. The lowest BCUT2D eigenvalue weighted by atomic mass is 9.81. The van der Waals surface area contributed by atoms with Crippen molar-refractivity contribution >= 4 is 16.9 Å². The van der Waals surface area contributed by atoms with Crippen molar-refractivity contribution < 1.29 is 0 Å². The van der Waals surface area contributed by atoms with E-state index in [1.165, 1.54) is 39.1 Å². The Hall–Kier alpha value is -3.06. The zero-order valence-corrected chi connectivity index (χ0v) is 17.1. The highest BCUT2D eigenvalue weighted by Gasteiger charge is 2.37. The lowest BCUT2D eigenvalue weighted by molar-refractivity contribution is 0.662. The van der Waals surface area contributed by atoms with Gasteiger partial charge in [-0.1, -0.05) is 80.6 Å². The average Bonchev–Trinajstić information content (AvgIpc) is 2.95. The Labute approximate surface area is 168 Å². The van der Waals surface area contributed by atoms with Gasteiger partial charge < -0.3 is 5.32 Å². The summed E-state index contributed by atoms with van der Waals surface area (Å²) in [6, 6.07) is 24.0. The minimum absolute atomic E-state index is 0.0126. The van der Waals surface area contributed by atoms with Crippen molar-refractivity contribution in [2.24, 2.45) is 0 Å². The summed E-state index contributed by atoms with van der Waals surface area (Å²) in [4.78, 5) is 0. The highest BCUT2D eigenvalue weighted by Crippen LogP contribution is 2.51. The molecule has 0 atom stereocenters. The summed E-state index contributed by atoms with van der Waals surface area (Å²) >= 11 is 0. The minimum atomic E-state index is -0.0126. The fraction of sp³-hybridized carbons (Fsp3) is 0.185. The number of hydrogen-bond donors (Lipinski definition) is 1. The summed E-state index contributed by atoms with van der Waals surface area (Å²) in [6.45, 7) is 8.82. The van der Waals surface area contributed by atoms with Crippen LogP contribution in [-0.2, 0) is 5.41 Å². The van der Waals surface area contributed by atoms with E-state index in [4.69, 9.17) is 0 Å². The summed E-state index contributed by atoms with van der Waals surface area (Å²) in [6.07, 6.45) is 6.27. The van der Waals surface area contributed by atoms with Gasteiger partial charge in [0, 0.05) is 16.8 Å². The first-order chi connectivity index (χ1) is 13.5. The highest BCUT2D eigenvalue weighted by atomic mass is 14.9. The van der Waals surface area contributed by atoms with Crippen molar-refractivity contribution in [2.75, 3.05) is 5.32 Å². The average molecular weight is 366 g/mol. The van der Waals surface area contributed by atoms with Crippen LogP contribution in [0.2, 0.25) is 0 Å². The van der Waals surface area contributed by atoms with Gasteiger partial charge >= 0.3 is 0 Å². The number of benzene rings is 3. The zero-order chi connectivity index (χ0) is 19.7. The smallest absolute Gasteiger partial charge is 0.0431 e. The third-order valence-electron chi connectivity index (χ3n) is 5.74. The standard InChI is InChI=1S/C27H27N/c1-5-6-10-19(2)20-15-17-21(18-16-20)28-25-14-9-12-23-22-11-7-8-13-24(22)27(3,4)26(23)25/h5-18,28H,1-4H3/b6-5-,19-10+. The van der Waals surface area contributed by atoms with E-state index in [-0.39, 0.29) is 5.41 Å². The second kappa shape index (κ2) is 7.16. The van der Waals surface area contributed by atoms with E-state index in [1.54, 1.807) is 0 Å². The van der Waals surface area contributed by atoms with E-state index < -0.39 is 0 Å². The first kappa shape index (κ1) is 18.3. The first-order valence-electron chi connectivity index (χ1n) is 9.93. The minimum Gasteiger partial charge on any atom is -0.355 e. The van der Waals surface area contributed by atoms with Gasteiger partial charge in [0.1, 0.15) is 0 Å². The fourth-order valence-corrected chi connectivity index (χ4v) is 4.26. The monoisotopic (exact) mass is 365 g/mol. The maximum absolute atomic E-state index is 3.67. The summed E-state index contributed by atoms with van der Waals surface area (Å²) in [5, 5.41) is 3.67. The van der Waals surface area contributed by atoms with Crippen LogP contribution in [0.1, 0.15) is 44.4 Å². The number of fused-ring (bicyclic) bond motifs is 3. The lowest BCUT2D eigenvalue weighted by Crippen LogP contribution is -2.16. The predicted octanol–water partition coefficient (Wildman–Crippen LogP) is 7.72. The largest absolute Gasteiger partial charge is 0.355 e. The number of rotatable bonds is 4. The highest BCUT2D eigenvalue weighted by molar-refractivity contribution is 5.87. The predicted molar refractivity (Wildman–Crippen MR) is 122 cm³/mol. The summed E-state index contributed by atoms with van der Waals surface area (Å²) < 4.78 is 0. The van der Waals surface area contributed by atoms with E-state index >= 15 is 0 Å². The Morgan fingerprint density at radius 2 is 1.57 bits per heavy atom. The molecule has 1 heteroatoms. The van der Waals surface area contributed by atoms with Gasteiger partial charge in [0.15, 0.2) is 0 Å². The molecule has 0 spiro atoms. The zero-order valence-electron chi connectivity index (χ0n) is 17.1. The Balaban J connectivity index is 1.68. The van der Waals surface area contributed by atoms with E-state index in [1.807, 2.05) is 6.92 Å². The van der Waals surface area contributed by atoms with Crippen molar-refractivity contribution in [1.29, 1.82) is 0 Å². The van der Waals surface area contributed by atoms with Crippen molar-refractivity contribution in [3.05, 3.63) is 102 Å². The van der Waals surface area contributed by atoms with Crippen LogP contribution in [-0.4, -0.2) is 0 Å². The first-order valence-corrected chi connectivity index (χ1v) is 9.93. The van der Waals surface area contributed by atoms with Gasteiger partial charge in [-0.05, 0) is 65.4 Å². The molecule has 0 saturated heterocycles. The van der Waals surface area contributed by atoms with Gasteiger partial charge in [-0.3, -0.25) is 0 Å². The molecule has 0 saturated carbocycles. The fourth-order valence-electron chi connectivity index (χ4n) is 4.26. The third kappa shape index (κ3) is 3.07. The molecule has 0 aliphatic heterocycles. The Bertz CT molecular complexity index is 1070. The second-order valence-corrected chi connectivity index (χ2v) is 7.98. The van der Waals surface area contributed by atoms with Crippen LogP contribution in [0, 0.1) is 0 Å². The SMILES string of the molecule is C/C=C\C=C(/C)c1ccc(Nc2cccc3c2C(C)(C)c2ccccc2-3)cc1. The van der Waals surface area contributed by atoms with Crippen molar-refractivity contribution in [2.45, 2.75) is 33.1 Å². The molecule has 1 nitrogen and oxygen atoms in total. The molecule has 3 aromatic rings. The van der Waals surface area contributed by atoms with Gasteiger partial charge in [-0.25, -0.2) is 0 Å². The molecular weight excluding hydrogens is 338 g/mol. The summed E-state index contributed by atoms with van der Waals surface area (Å²) in [7, 11) is 0. The molecule has 140 valence electrons. The van der Waals surface area contributed by atoms with Gasteiger partial charge in [-0.2, -0.15) is 0 Å². The Morgan fingerprint density at radius 1 is 0.857 bits per heavy atom. The molecule has 0 unspecified atom stereocenters. The van der Waals surface area contributed by atoms with Gasteiger partial charge in [0.2, 0.25) is 0 Å². The van der Waals surface area contributed by atoms with Crippen molar-refractivity contribution in [3.63, 3.8) is 0 Å². The number of anilines is 2. The van der Waals surface area contributed by atoms with E-state index in [0.717, 1.165) is 5.69 Å². The molecule has 0 bridgehead atoms. The number of allylic oxidation sites excluding steroid dienone is 4. The van der Waals surface area contributed by atoms with E-state index in [2.05, 4.69) is 111 Å². The molecule has 0 radical (unpaired) electrons. The molecule has 28 heavy (non-hydrogen) atoms. The molecule has 1 aliphatic rings. The topological polar surface area (TPSA) is 12.0 Å². The van der Waals surface area contributed by atoms with E-state index in [0.29, 0.717) is 0 Å². The number of nitrogens with one attached hydrogen (secondary N) is 1. The van der Waals surface area contributed by atoms with Gasteiger partial charge in [0.25, 0.3) is 0 Å². The summed E-state index contributed by atoms with van der Waals surface area (Å²) in [5.74, 6) is 0. The molecule has 1 aliphatic carbocycles. The molecule has 0 heterocycles. The second-order valence-electron chi connectivity index (χ2n) is 7.98. The maximum Gasteiger partial charge on any atom is 0.0431 e. The molecule has 1 N–H and O–H groups in total. The van der Waals surface area contributed by atoms with Gasteiger partial charge in [-0.15, -0.1) is 0 Å². The quantitative estimate of drug-likeness (QED) is 0.467. The van der Waals surface area contributed by atoms with Crippen molar-refractivity contribution in [3.8, 4) is 11.1 Å². The molecule has 0 aromatic heterocycles. The maximum atomic E-state index is 3.67.